The van der Waals surface area contributed by atoms with Crippen LogP contribution in [0.3, 0.4) is 0 Å². The molecule has 2 aromatic carbocycles. The Morgan fingerprint density at radius 1 is 0.657 bits per heavy atom. The Bertz CT molecular complexity index is 1610. The molecule has 0 nitrogen and oxygen atoms in total. The van der Waals surface area contributed by atoms with E-state index in [0.29, 0.717) is 10.3 Å². The summed E-state index contributed by atoms with van der Waals surface area (Å²) >= 11 is 0. The monoisotopic (exact) mass is 542 g/mol. The molecule has 0 N–H and O–H groups in total. The van der Waals surface area contributed by atoms with Gasteiger partial charge in [0.25, 0.3) is 0 Å². The van der Waals surface area contributed by atoms with E-state index in [-0.39, 0.29) is 15.8 Å². The Balaban J connectivity index is 1.13. The van der Waals surface area contributed by atoms with Crippen LogP contribution in [0.4, 0.5) is 0 Å². The first-order chi connectivity index (χ1) is 16.4. The van der Waals surface area contributed by atoms with Crippen LogP contribution in [0.1, 0.15) is 41.5 Å². The summed E-state index contributed by atoms with van der Waals surface area (Å²) in [6.07, 6.45) is 1.56. The molecular formula is C32H40FeP2. The number of fused-ring (bicyclic) bond motifs is 10. The van der Waals surface area contributed by atoms with Gasteiger partial charge in [-0.1, -0.05) is 0 Å². The van der Waals surface area contributed by atoms with Crippen molar-refractivity contribution in [1.29, 1.82) is 0 Å². The molecule has 12 rings (SSSR count). The molecule has 3 heteroatoms. The van der Waals surface area contributed by atoms with E-state index in [2.05, 4.69) is 102 Å². The second-order valence-corrected chi connectivity index (χ2v) is 48.1. The summed E-state index contributed by atoms with van der Waals surface area (Å²) < 4.78 is 0.952. The minimum atomic E-state index is -3.28. The van der Waals surface area contributed by atoms with E-state index in [1.165, 1.54) is 43.3 Å². The molecule has 0 bridgehead atoms. The van der Waals surface area contributed by atoms with Gasteiger partial charge in [0.05, 0.1) is 0 Å². The average Bonchev–Trinajstić information content (AvgIpc) is 3.74. The van der Waals surface area contributed by atoms with Crippen LogP contribution in [-0.2, 0) is 6.51 Å². The zero-order chi connectivity index (χ0) is 23.7. The van der Waals surface area contributed by atoms with Gasteiger partial charge in [-0.15, -0.1) is 0 Å². The van der Waals surface area contributed by atoms with E-state index in [4.69, 9.17) is 0 Å². The molecule has 10 heterocycles. The van der Waals surface area contributed by atoms with Crippen LogP contribution >= 0.6 is 15.8 Å². The van der Waals surface area contributed by atoms with Crippen LogP contribution in [0.25, 0.3) is 0 Å². The van der Waals surface area contributed by atoms with Gasteiger partial charge in [-0.25, -0.2) is 0 Å². The van der Waals surface area contributed by atoms with Crippen LogP contribution in [0.15, 0.2) is 60.7 Å². The van der Waals surface area contributed by atoms with E-state index in [1.807, 2.05) is 0 Å². The Morgan fingerprint density at radius 3 is 1.34 bits per heavy atom. The predicted octanol–water partition coefficient (Wildman–Crippen LogP) is 9.33. The van der Waals surface area contributed by atoms with Gasteiger partial charge in [0, 0.05) is 0 Å². The maximum atomic E-state index is 2.59. The molecule has 1 spiro atoms. The molecule has 0 aromatic heterocycles. The van der Waals surface area contributed by atoms with Crippen LogP contribution in [0.5, 0.6) is 0 Å². The van der Waals surface area contributed by atoms with Gasteiger partial charge in [-0.3, -0.25) is 0 Å². The van der Waals surface area contributed by atoms with Gasteiger partial charge >= 0.3 is 205 Å². The van der Waals surface area contributed by atoms with Crippen molar-refractivity contribution in [2.24, 2.45) is 0 Å². The normalized spacial score (nSPS) is 66.1. The third-order valence-corrected chi connectivity index (χ3v) is 69.8. The van der Waals surface area contributed by atoms with Crippen molar-refractivity contribution in [2.75, 3.05) is 6.16 Å². The molecule has 10 aliphatic rings. The zero-order valence-corrected chi connectivity index (χ0v) is 24.9. The molecule has 5 unspecified atom stereocenters. The number of benzene rings is 2. The van der Waals surface area contributed by atoms with E-state index in [0.717, 1.165) is 9.97 Å². The van der Waals surface area contributed by atoms with Gasteiger partial charge in [0.2, 0.25) is 0 Å². The Labute approximate surface area is 204 Å². The van der Waals surface area contributed by atoms with E-state index < -0.39 is 6.51 Å². The predicted molar refractivity (Wildman–Crippen MR) is 151 cm³/mol. The van der Waals surface area contributed by atoms with Crippen molar-refractivity contribution >= 4 is 26.5 Å². The molecule has 35 heavy (non-hydrogen) atoms. The van der Waals surface area contributed by atoms with E-state index in [1.54, 1.807) is 16.8 Å². The van der Waals surface area contributed by atoms with Gasteiger partial charge < -0.3 is 0 Å². The molecule has 2 aromatic rings. The molecule has 0 amide bonds. The van der Waals surface area contributed by atoms with Crippen LogP contribution in [-0.4, -0.2) is 22.1 Å². The van der Waals surface area contributed by atoms with Crippen molar-refractivity contribution < 1.29 is 6.51 Å². The van der Waals surface area contributed by atoms with E-state index >= 15 is 0 Å². The summed E-state index contributed by atoms with van der Waals surface area (Å²) in [7, 11) is -0.368. The first kappa shape index (κ1) is 19.0. The number of rotatable bonds is 6. The van der Waals surface area contributed by atoms with Gasteiger partial charge in [-0.2, -0.15) is 0 Å². The summed E-state index contributed by atoms with van der Waals surface area (Å²) in [6, 6.07) is 24.0. The molecule has 10 fully saturated rings. The zero-order valence-electron chi connectivity index (χ0n) is 22.0. The SMILES string of the molecule is CC(C)(C)P(CC(P(c1ccccc1)c1ccccc1)[C]12[CH]3[CH]4[CH]5[CH]1[Fe]45321678[CH]2[CH]1[CH]6[CH]7[CH]28)C(C)(C)C. The Kier molecular flexibility index (Phi) is 1.47. The molecular weight excluding hydrogens is 502 g/mol. The number of hydrogen-bond donors (Lipinski definition) is 0. The summed E-state index contributed by atoms with van der Waals surface area (Å²) in [6.45, 7) is 12.3. The topological polar surface area (TPSA) is 0 Å². The first-order valence-electron chi connectivity index (χ1n) is 14.2. The van der Waals surface area contributed by atoms with Crippen molar-refractivity contribution in [3.8, 4) is 0 Å². The van der Waals surface area contributed by atoms with Crippen molar-refractivity contribution in [2.45, 2.75) is 105 Å². The fourth-order valence-electron chi connectivity index (χ4n) is 21.1. The minimum absolute atomic E-state index is 0.0725. The summed E-state index contributed by atoms with van der Waals surface area (Å²) in [4.78, 5) is 12.7. The molecule has 0 radical (unpaired) electrons. The maximum absolute atomic E-state index is 3.28. The van der Waals surface area contributed by atoms with Crippen molar-refractivity contribution in [1.82, 2.24) is 0 Å². The van der Waals surface area contributed by atoms with Gasteiger partial charge in [0.15, 0.2) is 0 Å². The standard InChI is InChI=1S/C27H35P2.C5H5.Fe/c1-26(2,3)28(27(4,5)6)21-25(22-15-13-14-16-22)29(23-17-9-7-10-18-23)24-19-11-8-12-20-24;1-2-4-5-3-1;/h7-20,25H,21H2,1-6H3;1-5H;. The summed E-state index contributed by atoms with van der Waals surface area (Å²) in [5, 5.41) is 4.25. The molecule has 0 saturated carbocycles. The summed E-state index contributed by atoms with van der Waals surface area (Å²) in [5.41, 5.74) is 0.987. The van der Waals surface area contributed by atoms with Gasteiger partial charge in [-0.05, 0) is 0 Å². The third-order valence-electron chi connectivity index (χ3n) is 19.7. The molecule has 5 atom stereocenters. The Hall–Kier alpha value is -0.181. The first-order valence-corrected chi connectivity index (χ1v) is 23.5. The fourth-order valence-corrected chi connectivity index (χ4v) is 107. The number of hydrogen-bond acceptors (Lipinski definition) is 0. The van der Waals surface area contributed by atoms with Crippen LogP contribution in [0.2, 0.25) is 47.7 Å². The van der Waals surface area contributed by atoms with E-state index in [9.17, 15) is 0 Å². The molecule has 10 saturated heterocycles. The third kappa shape index (κ3) is 0.496. The van der Waals surface area contributed by atoms with Gasteiger partial charge in [0.1, 0.15) is 0 Å². The Morgan fingerprint density at radius 2 is 1.06 bits per heavy atom. The molecule has 186 valence electrons. The second kappa shape index (κ2) is 2.72. The van der Waals surface area contributed by atoms with Crippen molar-refractivity contribution in [3.63, 3.8) is 0 Å². The fraction of sp³-hybridized carbons (Fsp3) is 0.625. The van der Waals surface area contributed by atoms with Crippen LogP contribution < -0.4 is 10.6 Å². The average molecular weight is 542 g/mol. The summed E-state index contributed by atoms with van der Waals surface area (Å²) in [5.74, 6) is 0. The van der Waals surface area contributed by atoms with Crippen molar-refractivity contribution in [3.05, 3.63) is 60.7 Å². The second-order valence-electron chi connectivity index (χ2n) is 18.2. The quantitative estimate of drug-likeness (QED) is 0.252. The van der Waals surface area contributed by atoms with Crippen LogP contribution in [0, 0.1) is 0 Å². The molecule has 0 aliphatic carbocycles. The molecule has 10 aliphatic heterocycles.